The summed E-state index contributed by atoms with van der Waals surface area (Å²) < 4.78 is 2.07. The van der Waals surface area contributed by atoms with Gasteiger partial charge in [0.05, 0.1) is 17.0 Å². The number of thioether (sulfide) groups is 1. The molecule has 5 rings (SSSR count). The second kappa shape index (κ2) is 8.16. The van der Waals surface area contributed by atoms with E-state index in [0.717, 1.165) is 40.6 Å². The van der Waals surface area contributed by atoms with Crippen molar-refractivity contribution in [2.75, 3.05) is 11.1 Å². The number of amides is 1. The van der Waals surface area contributed by atoms with Gasteiger partial charge in [0.15, 0.2) is 10.8 Å². The number of hydrogen-bond acceptors (Lipinski definition) is 7. The van der Waals surface area contributed by atoms with Gasteiger partial charge >= 0.3 is 0 Å². The number of aromatic nitrogens is 5. The number of fused-ring (bicyclic) bond motifs is 4. The van der Waals surface area contributed by atoms with E-state index >= 15 is 0 Å². The van der Waals surface area contributed by atoms with E-state index in [2.05, 4.69) is 36.6 Å². The fourth-order valence-electron chi connectivity index (χ4n) is 3.76. The van der Waals surface area contributed by atoms with Crippen LogP contribution in [0.15, 0.2) is 42.1 Å². The molecule has 4 aromatic rings. The van der Waals surface area contributed by atoms with Gasteiger partial charge in [0, 0.05) is 16.8 Å². The lowest BCUT2D eigenvalue weighted by Gasteiger charge is -2.06. The van der Waals surface area contributed by atoms with Gasteiger partial charge in [-0.15, -0.1) is 28.1 Å². The van der Waals surface area contributed by atoms with Crippen LogP contribution in [0.5, 0.6) is 0 Å². The van der Waals surface area contributed by atoms with Crippen molar-refractivity contribution in [3.8, 4) is 0 Å². The Morgan fingerprint density at radius 1 is 1.23 bits per heavy atom. The number of rotatable bonds is 6. The van der Waals surface area contributed by atoms with E-state index in [4.69, 9.17) is 0 Å². The molecular formula is C21H20N6OS2. The molecule has 3 aromatic heterocycles. The number of aryl methyl sites for hydroxylation is 2. The van der Waals surface area contributed by atoms with Gasteiger partial charge in [0.1, 0.15) is 5.52 Å². The lowest BCUT2D eigenvalue weighted by molar-refractivity contribution is -0.113. The molecule has 1 aromatic carbocycles. The molecular weight excluding hydrogens is 416 g/mol. The number of thiazole rings is 1. The van der Waals surface area contributed by atoms with Gasteiger partial charge in [-0.3, -0.25) is 4.79 Å². The molecule has 0 unspecified atom stereocenters. The van der Waals surface area contributed by atoms with Gasteiger partial charge in [-0.1, -0.05) is 36.0 Å². The van der Waals surface area contributed by atoms with Crippen LogP contribution in [0.1, 0.15) is 23.4 Å². The average Bonchev–Trinajstić information content (AvgIpc) is 3.31. The molecule has 0 radical (unpaired) electrons. The van der Waals surface area contributed by atoms with Crippen LogP contribution in [0.2, 0.25) is 0 Å². The minimum Gasteiger partial charge on any atom is -0.320 e. The van der Waals surface area contributed by atoms with Crippen LogP contribution in [0.3, 0.4) is 0 Å². The number of allylic oxidation sites excluding steroid dienone is 1. The van der Waals surface area contributed by atoms with Crippen molar-refractivity contribution in [3.63, 3.8) is 0 Å². The number of benzene rings is 1. The summed E-state index contributed by atoms with van der Waals surface area (Å²) in [6.07, 6.45) is 6.29. The predicted octanol–water partition coefficient (Wildman–Crippen LogP) is 4.23. The summed E-state index contributed by atoms with van der Waals surface area (Å²) in [7, 11) is 0. The Labute approximate surface area is 181 Å². The molecule has 1 amide bonds. The molecule has 3 heterocycles. The van der Waals surface area contributed by atoms with Crippen LogP contribution in [-0.4, -0.2) is 36.4 Å². The largest absolute Gasteiger partial charge is 0.320 e. The van der Waals surface area contributed by atoms with Gasteiger partial charge in [0.25, 0.3) is 0 Å². The monoisotopic (exact) mass is 436 g/mol. The van der Waals surface area contributed by atoms with Crippen LogP contribution in [0.25, 0.3) is 22.1 Å². The third-order valence-corrected chi connectivity index (χ3v) is 7.00. The molecule has 1 aliphatic rings. The molecule has 30 heavy (non-hydrogen) atoms. The maximum Gasteiger partial charge on any atom is 0.236 e. The van der Waals surface area contributed by atoms with Gasteiger partial charge in [0.2, 0.25) is 11.1 Å². The normalized spacial score (nSPS) is 13.5. The van der Waals surface area contributed by atoms with Gasteiger partial charge < -0.3 is 9.88 Å². The average molecular weight is 437 g/mol. The second-order valence-corrected chi connectivity index (χ2v) is 9.14. The van der Waals surface area contributed by atoms with Crippen molar-refractivity contribution in [2.45, 2.75) is 37.4 Å². The maximum atomic E-state index is 12.4. The molecule has 0 fully saturated rings. The number of para-hydroxylation sites is 1. The van der Waals surface area contributed by atoms with Crippen LogP contribution < -0.4 is 5.32 Å². The number of hydrogen-bond donors (Lipinski definition) is 1. The molecule has 1 N–H and O–H groups in total. The Hall–Kier alpha value is -2.78. The smallest absolute Gasteiger partial charge is 0.236 e. The van der Waals surface area contributed by atoms with Crippen molar-refractivity contribution < 1.29 is 4.79 Å². The minimum atomic E-state index is -0.110. The highest BCUT2D eigenvalue weighted by Crippen LogP contribution is 2.30. The second-order valence-electron chi connectivity index (χ2n) is 7.12. The molecule has 0 bridgehead atoms. The zero-order chi connectivity index (χ0) is 20.5. The van der Waals surface area contributed by atoms with Gasteiger partial charge in [-0.05, 0) is 31.7 Å². The van der Waals surface area contributed by atoms with Crippen LogP contribution in [0, 0.1) is 0 Å². The number of carbonyl (C=O) groups is 1. The van der Waals surface area contributed by atoms with Gasteiger partial charge in [-0.25, -0.2) is 9.97 Å². The molecule has 152 valence electrons. The molecule has 0 spiro atoms. The summed E-state index contributed by atoms with van der Waals surface area (Å²) in [5, 5.41) is 13.7. The number of anilines is 1. The number of nitrogens with zero attached hydrogens (tertiary/aromatic N) is 5. The van der Waals surface area contributed by atoms with E-state index in [1.807, 2.05) is 30.3 Å². The SMILES string of the molecule is C=CCn1c2ccccc2c2nnc(SCC(=O)Nc3nc4c(s3)CCCC4)nc21. The fraction of sp³-hybridized carbons (Fsp3) is 0.286. The molecule has 0 saturated carbocycles. The summed E-state index contributed by atoms with van der Waals surface area (Å²) in [5.41, 5.74) is 3.69. The Morgan fingerprint density at radius 2 is 2.10 bits per heavy atom. The predicted molar refractivity (Wildman–Crippen MR) is 121 cm³/mol. The van der Waals surface area contributed by atoms with Gasteiger partial charge in [-0.2, -0.15) is 0 Å². The van der Waals surface area contributed by atoms with E-state index in [0.29, 0.717) is 16.8 Å². The fourth-order valence-corrected chi connectivity index (χ4v) is 5.40. The Kier molecular flexibility index (Phi) is 5.22. The Bertz CT molecular complexity index is 1240. The van der Waals surface area contributed by atoms with E-state index in [1.165, 1.54) is 29.5 Å². The first-order valence-corrected chi connectivity index (χ1v) is 11.7. The molecule has 0 atom stereocenters. The van der Waals surface area contributed by atoms with Crippen molar-refractivity contribution in [1.29, 1.82) is 0 Å². The van der Waals surface area contributed by atoms with E-state index in [-0.39, 0.29) is 11.7 Å². The zero-order valence-electron chi connectivity index (χ0n) is 16.3. The molecule has 1 aliphatic carbocycles. The first-order chi connectivity index (χ1) is 14.7. The topological polar surface area (TPSA) is 85.6 Å². The summed E-state index contributed by atoms with van der Waals surface area (Å²) in [6.45, 7) is 4.47. The molecule has 9 heteroatoms. The van der Waals surface area contributed by atoms with Crippen LogP contribution in [-0.2, 0) is 24.2 Å². The molecule has 7 nitrogen and oxygen atoms in total. The summed E-state index contributed by atoms with van der Waals surface area (Å²) in [4.78, 5) is 23.0. The summed E-state index contributed by atoms with van der Waals surface area (Å²) >= 11 is 2.86. The Balaban J connectivity index is 1.33. The third kappa shape index (κ3) is 3.59. The van der Waals surface area contributed by atoms with Crippen molar-refractivity contribution in [1.82, 2.24) is 24.7 Å². The molecule has 0 saturated heterocycles. The minimum absolute atomic E-state index is 0.110. The lowest BCUT2D eigenvalue weighted by Crippen LogP contribution is -2.14. The standard InChI is InChI=1S/C21H20N6OS2/c1-2-11-27-15-9-5-3-7-13(15)18-19(27)24-21(26-25-18)29-12-17(28)23-20-22-14-8-4-6-10-16(14)30-20/h2-3,5,7,9H,1,4,6,8,10-12H2,(H,22,23,28). The van der Waals surface area contributed by atoms with Crippen molar-refractivity contribution in [3.05, 3.63) is 47.5 Å². The van der Waals surface area contributed by atoms with E-state index in [9.17, 15) is 4.79 Å². The van der Waals surface area contributed by atoms with E-state index < -0.39 is 0 Å². The van der Waals surface area contributed by atoms with Crippen molar-refractivity contribution in [2.24, 2.45) is 0 Å². The highest BCUT2D eigenvalue weighted by Gasteiger charge is 2.17. The first-order valence-electron chi connectivity index (χ1n) is 9.86. The quantitative estimate of drug-likeness (QED) is 0.360. The molecule has 0 aliphatic heterocycles. The highest BCUT2D eigenvalue weighted by atomic mass is 32.2. The van der Waals surface area contributed by atoms with Crippen LogP contribution >= 0.6 is 23.1 Å². The first kappa shape index (κ1) is 19.2. The Morgan fingerprint density at radius 3 is 2.97 bits per heavy atom. The third-order valence-electron chi connectivity index (χ3n) is 5.09. The van der Waals surface area contributed by atoms with Crippen molar-refractivity contribution >= 4 is 56.2 Å². The lowest BCUT2D eigenvalue weighted by atomic mass is 10.0. The highest BCUT2D eigenvalue weighted by molar-refractivity contribution is 7.99. The zero-order valence-corrected chi connectivity index (χ0v) is 17.9. The van der Waals surface area contributed by atoms with Crippen LogP contribution in [0.4, 0.5) is 5.13 Å². The number of nitrogens with one attached hydrogen (secondary N) is 1. The van der Waals surface area contributed by atoms with E-state index in [1.54, 1.807) is 11.3 Å². The maximum absolute atomic E-state index is 12.4. The summed E-state index contributed by atoms with van der Waals surface area (Å²) in [6, 6.07) is 8.02. The number of carbonyl (C=O) groups excluding carboxylic acids is 1. The summed E-state index contributed by atoms with van der Waals surface area (Å²) in [5.74, 6) is 0.0977.